The molecule has 0 aliphatic carbocycles. The average Bonchev–Trinajstić information content (AvgIpc) is 2.80. The fourth-order valence-corrected chi connectivity index (χ4v) is 3.50. The lowest BCUT2D eigenvalue weighted by molar-refractivity contribution is 0.0947. The molecule has 1 amide bonds. The standard InChI is InChI=1S/C24H21ClN4O2/c25-19-10-8-18(9-11-19)12-15-27-23(30)21-24(31)29(16-13-17-5-2-1-3-6-17)22-20(28-21)7-4-14-26-22/h1-11,14H,12-13,15-16H2,(H,27,30). The molecule has 7 heteroatoms. The topological polar surface area (TPSA) is 76.9 Å². The first-order valence-electron chi connectivity index (χ1n) is 10.0. The molecule has 0 spiro atoms. The summed E-state index contributed by atoms with van der Waals surface area (Å²) in [5.41, 5.74) is 2.57. The zero-order valence-corrected chi connectivity index (χ0v) is 17.5. The van der Waals surface area contributed by atoms with Crippen molar-refractivity contribution in [2.24, 2.45) is 0 Å². The van der Waals surface area contributed by atoms with Gasteiger partial charge in [-0.05, 0) is 48.2 Å². The van der Waals surface area contributed by atoms with Crippen molar-refractivity contribution in [2.45, 2.75) is 19.4 Å². The number of amides is 1. The summed E-state index contributed by atoms with van der Waals surface area (Å²) in [6.45, 7) is 0.792. The van der Waals surface area contributed by atoms with Crippen LogP contribution in [0.5, 0.6) is 0 Å². The van der Waals surface area contributed by atoms with Crippen LogP contribution in [0.4, 0.5) is 0 Å². The highest BCUT2D eigenvalue weighted by molar-refractivity contribution is 6.30. The van der Waals surface area contributed by atoms with E-state index in [1.165, 1.54) is 4.57 Å². The highest BCUT2D eigenvalue weighted by atomic mass is 35.5. The summed E-state index contributed by atoms with van der Waals surface area (Å²) in [5, 5.41) is 3.47. The lowest BCUT2D eigenvalue weighted by atomic mass is 10.1. The van der Waals surface area contributed by atoms with E-state index in [2.05, 4.69) is 15.3 Å². The Kier molecular flexibility index (Phi) is 6.38. The number of nitrogens with one attached hydrogen (secondary N) is 1. The molecule has 4 aromatic rings. The van der Waals surface area contributed by atoms with Gasteiger partial charge in [-0.15, -0.1) is 0 Å². The maximum atomic E-state index is 13.1. The summed E-state index contributed by atoms with van der Waals surface area (Å²) in [6.07, 6.45) is 2.89. The second-order valence-electron chi connectivity index (χ2n) is 7.13. The van der Waals surface area contributed by atoms with Crippen molar-refractivity contribution in [2.75, 3.05) is 6.54 Å². The van der Waals surface area contributed by atoms with E-state index in [1.807, 2.05) is 54.6 Å². The smallest absolute Gasteiger partial charge is 0.283 e. The van der Waals surface area contributed by atoms with Crippen molar-refractivity contribution in [1.29, 1.82) is 0 Å². The summed E-state index contributed by atoms with van der Waals surface area (Å²) in [6, 6.07) is 20.8. The van der Waals surface area contributed by atoms with Crippen molar-refractivity contribution >= 4 is 28.7 Å². The first kappa shape index (κ1) is 20.8. The zero-order valence-electron chi connectivity index (χ0n) is 16.8. The number of carbonyl (C=O) groups is 1. The number of fused-ring (bicyclic) bond motifs is 1. The minimum atomic E-state index is -0.488. The summed E-state index contributed by atoms with van der Waals surface area (Å²) < 4.78 is 1.53. The Labute approximate surface area is 184 Å². The summed E-state index contributed by atoms with van der Waals surface area (Å²) in [7, 11) is 0. The maximum Gasteiger partial charge on any atom is 0.283 e. The monoisotopic (exact) mass is 432 g/mol. The number of rotatable bonds is 7. The van der Waals surface area contributed by atoms with Crippen molar-refractivity contribution in [3.05, 3.63) is 105 Å². The van der Waals surface area contributed by atoms with E-state index in [4.69, 9.17) is 11.6 Å². The lowest BCUT2D eigenvalue weighted by Gasteiger charge is -2.12. The summed E-state index contributed by atoms with van der Waals surface area (Å²) >= 11 is 5.90. The van der Waals surface area contributed by atoms with Crippen LogP contribution >= 0.6 is 11.6 Å². The van der Waals surface area contributed by atoms with E-state index < -0.39 is 11.5 Å². The maximum absolute atomic E-state index is 13.1. The van der Waals surface area contributed by atoms with E-state index in [0.717, 1.165) is 11.1 Å². The Morgan fingerprint density at radius 1 is 0.935 bits per heavy atom. The van der Waals surface area contributed by atoms with Crippen LogP contribution in [0.25, 0.3) is 11.2 Å². The molecule has 31 heavy (non-hydrogen) atoms. The largest absolute Gasteiger partial charge is 0.350 e. The predicted molar refractivity (Wildman–Crippen MR) is 121 cm³/mol. The molecule has 0 bridgehead atoms. The summed E-state index contributed by atoms with van der Waals surface area (Å²) in [4.78, 5) is 34.5. The van der Waals surface area contributed by atoms with Gasteiger partial charge in [0.2, 0.25) is 0 Å². The Morgan fingerprint density at radius 3 is 2.45 bits per heavy atom. The van der Waals surface area contributed by atoms with Crippen LogP contribution in [-0.2, 0) is 19.4 Å². The second-order valence-corrected chi connectivity index (χ2v) is 7.57. The third kappa shape index (κ3) is 4.98. The molecule has 0 fully saturated rings. The van der Waals surface area contributed by atoms with Crippen LogP contribution in [0.1, 0.15) is 21.6 Å². The molecule has 0 aliphatic rings. The highest BCUT2D eigenvalue weighted by Crippen LogP contribution is 2.11. The van der Waals surface area contributed by atoms with Gasteiger partial charge in [-0.1, -0.05) is 54.1 Å². The highest BCUT2D eigenvalue weighted by Gasteiger charge is 2.18. The van der Waals surface area contributed by atoms with E-state index in [1.54, 1.807) is 18.3 Å². The van der Waals surface area contributed by atoms with E-state index in [0.29, 0.717) is 42.1 Å². The molecule has 156 valence electrons. The van der Waals surface area contributed by atoms with Crippen LogP contribution in [0.2, 0.25) is 5.02 Å². The Balaban J connectivity index is 1.55. The predicted octanol–water partition coefficient (Wildman–Crippen LogP) is 3.66. The molecule has 0 radical (unpaired) electrons. The van der Waals surface area contributed by atoms with Crippen LogP contribution in [-0.4, -0.2) is 27.0 Å². The van der Waals surface area contributed by atoms with Crippen molar-refractivity contribution in [3.63, 3.8) is 0 Å². The molecule has 6 nitrogen and oxygen atoms in total. The third-order valence-corrected chi connectivity index (χ3v) is 5.25. The molecule has 0 unspecified atom stereocenters. The first-order chi connectivity index (χ1) is 15.1. The quantitative estimate of drug-likeness (QED) is 0.483. The van der Waals surface area contributed by atoms with Gasteiger partial charge in [0.05, 0.1) is 0 Å². The van der Waals surface area contributed by atoms with Gasteiger partial charge in [0.1, 0.15) is 5.52 Å². The first-order valence-corrected chi connectivity index (χ1v) is 10.4. The van der Waals surface area contributed by atoms with Gasteiger partial charge in [0.15, 0.2) is 11.3 Å². The molecular weight excluding hydrogens is 412 g/mol. The average molecular weight is 433 g/mol. The number of halogens is 1. The molecule has 2 aromatic carbocycles. The van der Waals surface area contributed by atoms with E-state index in [-0.39, 0.29) is 5.69 Å². The number of nitrogens with zero attached hydrogens (tertiary/aromatic N) is 3. The van der Waals surface area contributed by atoms with Crippen molar-refractivity contribution in [1.82, 2.24) is 19.9 Å². The van der Waals surface area contributed by atoms with Crippen LogP contribution in [0.15, 0.2) is 77.7 Å². The Morgan fingerprint density at radius 2 is 1.68 bits per heavy atom. The van der Waals surface area contributed by atoms with Crippen molar-refractivity contribution < 1.29 is 4.79 Å². The van der Waals surface area contributed by atoms with Gasteiger partial charge >= 0.3 is 0 Å². The number of aromatic nitrogens is 3. The van der Waals surface area contributed by atoms with Gasteiger partial charge in [0, 0.05) is 24.3 Å². The van der Waals surface area contributed by atoms with Gasteiger partial charge < -0.3 is 5.32 Å². The normalized spacial score (nSPS) is 10.9. The molecule has 0 atom stereocenters. The van der Waals surface area contributed by atoms with E-state index in [9.17, 15) is 9.59 Å². The molecule has 1 N–H and O–H groups in total. The molecule has 0 saturated heterocycles. The number of benzene rings is 2. The second kappa shape index (κ2) is 9.53. The van der Waals surface area contributed by atoms with Crippen LogP contribution in [0.3, 0.4) is 0 Å². The van der Waals surface area contributed by atoms with Gasteiger partial charge in [-0.25, -0.2) is 9.97 Å². The summed E-state index contributed by atoms with van der Waals surface area (Å²) in [5.74, 6) is -0.488. The minimum absolute atomic E-state index is 0.121. The fraction of sp³-hybridized carbons (Fsp3) is 0.167. The van der Waals surface area contributed by atoms with Gasteiger partial charge in [-0.2, -0.15) is 0 Å². The van der Waals surface area contributed by atoms with Crippen LogP contribution < -0.4 is 10.9 Å². The number of hydrogen-bond acceptors (Lipinski definition) is 4. The molecule has 2 heterocycles. The lowest BCUT2D eigenvalue weighted by Crippen LogP contribution is -2.36. The third-order valence-electron chi connectivity index (χ3n) is 5.00. The fourth-order valence-electron chi connectivity index (χ4n) is 3.37. The Hall–Kier alpha value is -3.51. The van der Waals surface area contributed by atoms with Crippen molar-refractivity contribution in [3.8, 4) is 0 Å². The van der Waals surface area contributed by atoms with Crippen LogP contribution in [0, 0.1) is 0 Å². The zero-order chi connectivity index (χ0) is 21.6. The van der Waals surface area contributed by atoms with Gasteiger partial charge in [0.25, 0.3) is 11.5 Å². The number of hydrogen-bond donors (Lipinski definition) is 1. The minimum Gasteiger partial charge on any atom is -0.350 e. The number of carbonyl (C=O) groups excluding carboxylic acids is 1. The van der Waals surface area contributed by atoms with E-state index >= 15 is 0 Å². The molecule has 0 aliphatic heterocycles. The number of pyridine rings is 1. The molecule has 2 aromatic heterocycles. The molecule has 0 saturated carbocycles. The number of aryl methyl sites for hydroxylation is 2. The SMILES string of the molecule is O=C(NCCc1ccc(Cl)cc1)c1nc2cccnc2n(CCc2ccccc2)c1=O. The molecular formula is C24H21ClN4O2. The molecule has 4 rings (SSSR count). The van der Waals surface area contributed by atoms with Gasteiger partial charge in [-0.3, -0.25) is 14.2 Å². The Bertz CT molecular complexity index is 1250.